The van der Waals surface area contributed by atoms with Crippen molar-refractivity contribution >= 4 is 34.0 Å². The molecule has 0 radical (unpaired) electrons. The number of piperazine rings is 1. The summed E-state index contributed by atoms with van der Waals surface area (Å²) in [4.78, 5) is 17.6. The Labute approximate surface area is 242 Å². The van der Waals surface area contributed by atoms with Crippen LogP contribution in [0.15, 0.2) is 65.6 Å². The zero-order valence-electron chi connectivity index (χ0n) is 22.9. The predicted octanol–water partition coefficient (Wildman–Crippen LogP) is 5.25. The fourth-order valence-electron chi connectivity index (χ4n) is 4.91. The van der Waals surface area contributed by atoms with E-state index in [-0.39, 0.29) is 30.0 Å². The Morgan fingerprint density at radius 2 is 1.60 bits per heavy atom. The average Bonchev–Trinajstić information content (AvgIpc) is 3.41. The molecule has 3 aromatic carbocycles. The minimum absolute atomic E-state index is 0. The number of rotatable bonds is 9. The Hall–Kier alpha value is -3.27. The highest BCUT2D eigenvalue weighted by atomic mass is 35.5. The minimum atomic E-state index is -3.84. The molecule has 5 rings (SSSR count). The fourth-order valence-corrected chi connectivity index (χ4v) is 5.99. The molecule has 10 heteroatoms. The van der Waals surface area contributed by atoms with Crippen LogP contribution in [0.25, 0.3) is 0 Å². The van der Waals surface area contributed by atoms with Crippen LogP contribution < -0.4 is 14.2 Å². The molecule has 3 aromatic rings. The van der Waals surface area contributed by atoms with Crippen LogP contribution in [0.5, 0.6) is 11.5 Å². The predicted molar refractivity (Wildman–Crippen MR) is 158 cm³/mol. The summed E-state index contributed by atoms with van der Waals surface area (Å²) in [5.41, 5.74) is 3.98. The second kappa shape index (κ2) is 12.9. The van der Waals surface area contributed by atoms with Crippen molar-refractivity contribution in [1.29, 1.82) is 0 Å². The first-order valence-electron chi connectivity index (χ1n) is 13.4. The third-order valence-electron chi connectivity index (χ3n) is 7.28. The highest BCUT2D eigenvalue weighted by Crippen LogP contribution is 2.33. The number of carbonyl (C=O) groups is 1. The highest BCUT2D eigenvalue weighted by Gasteiger charge is 2.25. The lowest BCUT2D eigenvalue weighted by atomic mass is 10.1. The van der Waals surface area contributed by atoms with E-state index in [2.05, 4.69) is 16.5 Å². The first-order valence-corrected chi connectivity index (χ1v) is 14.9. The third kappa shape index (κ3) is 6.89. The van der Waals surface area contributed by atoms with Gasteiger partial charge < -0.3 is 14.4 Å². The van der Waals surface area contributed by atoms with Gasteiger partial charge in [0.05, 0.1) is 4.90 Å². The van der Waals surface area contributed by atoms with E-state index in [0.717, 1.165) is 61.5 Å². The second-order valence-electron chi connectivity index (χ2n) is 10.1. The largest absolute Gasteiger partial charge is 0.454 e. The van der Waals surface area contributed by atoms with E-state index in [1.54, 1.807) is 29.2 Å². The topological polar surface area (TPSA) is 88.2 Å². The Morgan fingerprint density at radius 1 is 0.900 bits per heavy atom. The summed E-state index contributed by atoms with van der Waals surface area (Å²) < 4.78 is 39.8. The van der Waals surface area contributed by atoms with Gasteiger partial charge in [-0.25, -0.2) is 8.42 Å². The molecule has 0 aliphatic carbocycles. The van der Waals surface area contributed by atoms with Crippen LogP contribution in [-0.4, -0.2) is 57.1 Å². The van der Waals surface area contributed by atoms with Crippen LogP contribution in [0.3, 0.4) is 0 Å². The highest BCUT2D eigenvalue weighted by molar-refractivity contribution is 7.92. The number of ether oxygens (including phenoxy) is 2. The summed E-state index contributed by atoms with van der Waals surface area (Å²) in [6.07, 6.45) is 3.18. The van der Waals surface area contributed by atoms with Gasteiger partial charge in [0.15, 0.2) is 11.5 Å². The number of amides is 1. The van der Waals surface area contributed by atoms with Crippen LogP contribution in [-0.2, 0) is 23.0 Å². The molecule has 1 N–H and O–H groups in total. The molecule has 0 spiro atoms. The number of hydrogen-bond donors (Lipinski definition) is 1. The molecule has 0 unspecified atom stereocenters. The summed E-state index contributed by atoms with van der Waals surface area (Å²) in [5, 5.41) is 0. The van der Waals surface area contributed by atoms with E-state index in [4.69, 9.17) is 9.47 Å². The molecule has 0 aromatic heterocycles. The van der Waals surface area contributed by atoms with Gasteiger partial charge in [0, 0.05) is 44.0 Å². The Morgan fingerprint density at radius 3 is 2.33 bits per heavy atom. The van der Waals surface area contributed by atoms with Crippen molar-refractivity contribution in [1.82, 2.24) is 9.80 Å². The van der Waals surface area contributed by atoms with Crippen LogP contribution in [0, 0.1) is 6.92 Å². The van der Waals surface area contributed by atoms with Crippen molar-refractivity contribution < 1.29 is 22.7 Å². The minimum Gasteiger partial charge on any atom is -0.454 e. The van der Waals surface area contributed by atoms with E-state index < -0.39 is 10.0 Å². The van der Waals surface area contributed by atoms with Crippen LogP contribution in [0.1, 0.15) is 46.8 Å². The molecule has 1 saturated heterocycles. The van der Waals surface area contributed by atoms with Crippen molar-refractivity contribution in [2.75, 3.05) is 37.7 Å². The summed E-state index contributed by atoms with van der Waals surface area (Å²) in [6.45, 7) is 7.60. The van der Waals surface area contributed by atoms with Gasteiger partial charge in [-0.3, -0.25) is 14.4 Å². The number of nitrogens with one attached hydrogen (secondary N) is 1. The number of unbranched alkanes of at least 4 members (excludes halogenated alkanes) is 1. The summed E-state index contributed by atoms with van der Waals surface area (Å²) in [7, 11) is -3.84. The number of nitrogens with zero attached hydrogens (tertiary/aromatic N) is 2. The lowest BCUT2D eigenvalue weighted by Gasteiger charge is -2.35. The maximum Gasteiger partial charge on any atom is 0.261 e. The van der Waals surface area contributed by atoms with Gasteiger partial charge in [0.25, 0.3) is 15.9 Å². The SMILES string of the molecule is CCCCc1ccc(NS(=O)(=O)c2ccc(C)c(C(=O)N3CCN(Cc4ccc5c(c4)OCO5)CC3)c2)cc1.Cl. The molecule has 8 nitrogen and oxygen atoms in total. The lowest BCUT2D eigenvalue weighted by molar-refractivity contribution is 0.0627. The monoisotopic (exact) mass is 585 g/mol. The Balaban J connectivity index is 0.00000370. The number of aryl methyl sites for hydroxylation is 2. The molecule has 0 saturated carbocycles. The lowest BCUT2D eigenvalue weighted by Crippen LogP contribution is -2.48. The Bertz CT molecular complexity index is 1440. The molecular weight excluding hydrogens is 550 g/mol. The van der Waals surface area contributed by atoms with Crippen LogP contribution in [0.2, 0.25) is 0 Å². The molecule has 214 valence electrons. The van der Waals surface area contributed by atoms with Crippen molar-refractivity contribution in [3.63, 3.8) is 0 Å². The zero-order chi connectivity index (χ0) is 27.4. The van der Waals surface area contributed by atoms with E-state index >= 15 is 0 Å². The molecule has 1 fully saturated rings. The van der Waals surface area contributed by atoms with E-state index in [9.17, 15) is 13.2 Å². The van der Waals surface area contributed by atoms with Gasteiger partial charge in [-0.2, -0.15) is 0 Å². The molecule has 2 heterocycles. The first-order chi connectivity index (χ1) is 18.8. The maximum atomic E-state index is 13.4. The third-order valence-corrected chi connectivity index (χ3v) is 8.66. The van der Waals surface area contributed by atoms with Crippen LogP contribution in [0.4, 0.5) is 5.69 Å². The number of anilines is 1. The summed E-state index contributed by atoms with van der Waals surface area (Å²) in [6, 6.07) is 18.2. The van der Waals surface area contributed by atoms with Gasteiger partial charge in [0.1, 0.15) is 0 Å². The molecule has 0 atom stereocenters. The average molecular weight is 586 g/mol. The molecular formula is C30H36ClN3O5S. The first kappa shape index (κ1) is 29.7. The molecule has 0 bridgehead atoms. The van der Waals surface area contributed by atoms with E-state index in [0.29, 0.717) is 24.3 Å². The van der Waals surface area contributed by atoms with Gasteiger partial charge in [0.2, 0.25) is 6.79 Å². The summed E-state index contributed by atoms with van der Waals surface area (Å²) >= 11 is 0. The smallest absolute Gasteiger partial charge is 0.261 e. The molecule has 40 heavy (non-hydrogen) atoms. The number of halogens is 1. The fraction of sp³-hybridized carbons (Fsp3) is 0.367. The van der Waals surface area contributed by atoms with Gasteiger partial charge in [-0.1, -0.05) is 37.6 Å². The molecule has 2 aliphatic heterocycles. The normalized spacial score (nSPS) is 15.0. The second-order valence-corrected chi connectivity index (χ2v) is 11.8. The molecule has 2 aliphatic rings. The van der Waals surface area contributed by atoms with Gasteiger partial charge >= 0.3 is 0 Å². The van der Waals surface area contributed by atoms with Crippen molar-refractivity contribution in [3.8, 4) is 11.5 Å². The number of sulfonamides is 1. The van der Waals surface area contributed by atoms with Gasteiger partial charge in [-0.05, 0) is 72.9 Å². The maximum absolute atomic E-state index is 13.4. The standard InChI is InChI=1S/C30H35N3O5S.ClH/c1-3-4-5-23-7-10-25(11-8-23)31-39(35,36)26-12-6-22(2)27(19-26)30(34)33-16-14-32(15-17-33)20-24-9-13-28-29(18-24)38-21-37-28;/h6-13,18-19,31H,3-5,14-17,20-21H2,1-2H3;1H. The number of hydrogen-bond acceptors (Lipinski definition) is 6. The number of benzene rings is 3. The van der Waals surface area contributed by atoms with Crippen LogP contribution >= 0.6 is 12.4 Å². The van der Waals surface area contributed by atoms with Crippen molar-refractivity contribution in [2.45, 2.75) is 44.6 Å². The van der Waals surface area contributed by atoms with E-state index in [1.807, 2.05) is 37.3 Å². The quantitative estimate of drug-likeness (QED) is 0.369. The van der Waals surface area contributed by atoms with Gasteiger partial charge in [-0.15, -0.1) is 12.4 Å². The Kier molecular flexibility index (Phi) is 9.60. The van der Waals surface area contributed by atoms with E-state index in [1.165, 1.54) is 11.6 Å². The number of carbonyl (C=O) groups excluding carboxylic acids is 1. The van der Waals surface area contributed by atoms with Crippen molar-refractivity contribution in [2.24, 2.45) is 0 Å². The number of fused-ring (bicyclic) bond motifs is 1. The van der Waals surface area contributed by atoms with Crippen molar-refractivity contribution in [3.05, 3.63) is 82.9 Å². The zero-order valence-corrected chi connectivity index (χ0v) is 24.5. The summed E-state index contributed by atoms with van der Waals surface area (Å²) in [5.74, 6) is 1.39. The molecule has 1 amide bonds.